The number of anilines is 1. The molecular formula is C30H25ClN2O3. The Bertz CT molecular complexity index is 1520. The van der Waals surface area contributed by atoms with Crippen molar-refractivity contribution >= 4 is 40.0 Å². The first kappa shape index (κ1) is 24.8. The number of ether oxygens (including phenoxy) is 2. The molecule has 0 saturated heterocycles. The van der Waals surface area contributed by atoms with Crippen LogP contribution in [0.25, 0.3) is 16.8 Å². The van der Waals surface area contributed by atoms with Crippen LogP contribution in [0.15, 0.2) is 78.4 Å². The van der Waals surface area contributed by atoms with Crippen LogP contribution in [-0.2, 0) is 11.4 Å². The highest BCUT2D eigenvalue weighted by atomic mass is 35.5. The largest absolute Gasteiger partial charge is 0.493 e. The summed E-state index contributed by atoms with van der Waals surface area (Å²) in [6.45, 7) is 4.26. The van der Waals surface area contributed by atoms with Crippen LogP contribution in [0.4, 0.5) is 5.69 Å². The fourth-order valence-electron chi connectivity index (χ4n) is 3.78. The number of nitriles is 1. The third kappa shape index (κ3) is 5.68. The molecule has 0 spiro atoms. The van der Waals surface area contributed by atoms with E-state index in [9.17, 15) is 10.1 Å². The summed E-state index contributed by atoms with van der Waals surface area (Å²) in [5, 5.41) is 15.0. The van der Waals surface area contributed by atoms with Crippen LogP contribution in [0.3, 0.4) is 0 Å². The summed E-state index contributed by atoms with van der Waals surface area (Å²) < 4.78 is 11.5. The van der Waals surface area contributed by atoms with Crippen molar-refractivity contribution < 1.29 is 14.3 Å². The normalized spacial score (nSPS) is 11.1. The minimum Gasteiger partial charge on any atom is -0.493 e. The maximum Gasteiger partial charge on any atom is 0.266 e. The van der Waals surface area contributed by atoms with Crippen molar-refractivity contribution in [2.45, 2.75) is 20.5 Å². The van der Waals surface area contributed by atoms with Crippen molar-refractivity contribution in [2.24, 2.45) is 0 Å². The van der Waals surface area contributed by atoms with Gasteiger partial charge in [-0.2, -0.15) is 5.26 Å². The third-order valence-corrected chi connectivity index (χ3v) is 6.17. The van der Waals surface area contributed by atoms with E-state index in [2.05, 4.69) is 23.5 Å². The van der Waals surface area contributed by atoms with Gasteiger partial charge in [0.05, 0.1) is 12.1 Å². The Kier molecular flexibility index (Phi) is 7.58. The number of amides is 1. The molecular weight excluding hydrogens is 472 g/mol. The van der Waals surface area contributed by atoms with Gasteiger partial charge in [0.15, 0.2) is 11.5 Å². The first-order valence-corrected chi connectivity index (χ1v) is 11.7. The molecule has 0 atom stereocenters. The van der Waals surface area contributed by atoms with Crippen LogP contribution in [0, 0.1) is 25.2 Å². The number of halogens is 1. The first-order valence-electron chi connectivity index (χ1n) is 11.4. The number of carbonyl (C=O) groups is 1. The van der Waals surface area contributed by atoms with Crippen LogP contribution in [0.5, 0.6) is 11.5 Å². The molecule has 0 aliphatic carbocycles. The highest BCUT2D eigenvalue weighted by Gasteiger charge is 2.15. The number of rotatable bonds is 7. The number of aryl methyl sites for hydroxylation is 2. The molecule has 4 aromatic carbocycles. The fourth-order valence-corrected chi connectivity index (χ4v) is 4.05. The smallest absolute Gasteiger partial charge is 0.266 e. The van der Waals surface area contributed by atoms with E-state index in [0.717, 1.165) is 27.5 Å². The molecule has 0 aromatic heterocycles. The Morgan fingerprint density at radius 1 is 1.00 bits per heavy atom. The van der Waals surface area contributed by atoms with E-state index >= 15 is 0 Å². The highest BCUT2D eigenvalue weighted by molar-refractivity contribution is 6.32. The Morgan fingerprint density at radius 3 is 2.50 bits per heavy atom. The average molecular weight is 497 g/mol. The minimum absolute atomic E-state index is 0.0591. The molecule has 180 valence electrons. The summed E-state index contributed by atoms with van der Waals surface area (Å²) in [5.74, 6) is 0.288. The van der Waals surface area contributed by atoms with E-state index in [4.69, 9.17) is 21.1 Å². The second kappa shape index (κ2) is 11.0. The molecule has 0 unspecified atom stereocenters. The number of fused-ring (bicyclic) bond motifs is 1. The number of benzene rings is 4. The summed E-state index contributed by atoms with van der Waals surface area (Å²) >= 11 is 6.53. The predicted molar refractivity (Wildman–Crippen MR) is 144 cm³/mol. The van der Waals surface area contributed by atoms with Crippen molar-refractivity contribution in [1.29, 1.82) is 5.26 Å². The molecule has 5 nitrogen and oxygen atoms in total. The fraction of sp³-hybridized carbons (Fsp3) is 0.133. The molecule has 1 N–H and O–H groups in total. The lowest BCUT2D eigenvalue weighted by molar-refractivity contribution is -0.112. The van der Waals surface area contributed by atoms with E-state index in [1.807, 2.05) is 56.3 Å². The van der Waals surface area contributed by atoms with E-state index < -0.39 is 5.91 Å². The zero-order chi connectivity index (χ0) is 25.7. The van der Waals surface area contributed by atoms with Gasteiger partial charge >= 0.3 is 0 Å². The quantitative estimate of drug-likeness (QED) is 0.216. The third-order valence-electron chi connectivity index (χ3n) is 5.89. The molecule has 0 fully saturated rings. The van der Waals surface area contributed by atoms with Gasteiger partial charge < -0.3 is 14.8 Å². The Balaban J connectivity index is 1.54. The molecule has 0 radical (unpaired) electrons. The van der Waals surface area contributed by atoms with Gasteiger partial charge in [0.2, 0.25) is 0 Å². The van der Waals surface area contributed by atoms with Crippen LogP contribution in [0.1, 0.15) is 22.3 Å². The van der Waals surface area contributed by atoms with Gasteiger partial charge in [0.25, 0.3) is 5.91 Å². The summed E-state index contributed by atoms with van der Waals surface area (Å²) in [5.41, 5.74) is 4.26. The van der Waals surface area contributed by atoms with Gasteiger partial charge in [0.1, 0.15) is 18.2 Å². The number of hydrogen-bond acceptors (Lipinski definition) is 4. The summed E-state index contributed by atoms with van der Waals surface area (Å²) in [6.07, 6.45) is 1.47. The molecule has 0 saturated carbocycles. The van der Waals surface area contributed by atoms with Gasteiger partial charge in [-0.1, -0.05) is 54.1 Å². The number of nitrogens with zero attached hydrogens (tertiary/aromatic N) is 1. The molecule has 4 aromatic rings. The number of hydrogen-bond donors (Lipinski definition) is 1. The van der Waals surface area contributed by atoms with Gasteiger partial charge in [-0.05, 0) is 83.3 Å². The lowest BCUT2D eigenvalue weighted by Crippen LogP contribution is -2.13. The number of methoxy groups -OCH3 is 1. The van der Waals surface area contributed by atoms with E-state index in [1.165, 1.54) is 13.2 Å². The first-order chi connectivity index (χ1) is 17.4. The number of carbonyl (C=O) groups excluding carboxylic acids is 1. The van der Waals surface area contributed by atoms with Crippen molar-refractivity contribution in [1.82, 2.24) is 0 Å². The van der Waals surface area contributed by atoms with Gasteiger partial charge in [-0.15, -0.1) is 0 Å². The van der Waals surface area contributed by atoms with Gasteiger partial charge in [-0.3, -0.25) is 4.79 Å². The van der Waals surface area contributed by atoms with E-state index in [0.29, 0.717) is 34.4 Å². The highest BCUT2D eigenvalue weighted by Crippen LogP contribution is 2.37. The number of nitrogens with one attached hydrogen (secondary N) is 1. The molecule has 36 heavy (non-hydrogen) atoms. The van der Waals surface area contributed by atoms with Crippen LogP contribution in [0.2, 0.25) is 5.02 Å². The monoisotopic (exact) mass is 496 g/mol. The Labute approximate surface area is 215 Å². The van der Waals surface area contributed by atoms with Crippen molar-refractivity contribution in [3.63, 3.8) is 0 Å². The molecule has 0 aliphatic rings. The Hall–Kier alpha value is -4.27. The molecule has 4 rings (SSSR count). The van der Waals surface area contributed by atoms with Crippen molar-refractivity contribution in [2.75, 3.05) is 12.4 Å². The standard InChI is InChI=1S/C30H25ClN2O3/c1-19-8-11-26(12-20(19)2)33-30(34)25(17-32)14-22-15-27(31)29(28(16-22)35-3)36-18-21-9-10-23-6-4-5-7-24(23)13-21/h4-16H,18H2,1-3H3,(H,33,34)/b25-14+. The average Bonchev–Trinajstić information content (AvgIpc) is 2.88. The molecule has 0 heterocycles. The summed E-state index contributed by atoms with van der Waals surface area (Å²) in [7, 11) is 1.51. The second-order valence-corrected chi connectivity index (χ2v) is 8.83. The second-order valence-electron chi connectivity index (χ2n) is 8.43. The van der Waals surface area contributed by atoms with Crippen LogP contribution < -0.4 is 14.8 Å². The minimum atomic E-state index is -0.507. The van der Waals surface area contributed by atoms with Gasteiger partial charge in [-0.25, -0.2) is 0 Å². The molecule has 1 amide bonds. The topological polar surface area (TPSA) is 71.3 Å². The van der Waals surface area contributed by atoms with Crippen molar-refractivity contribution in [3.8, 4) is 17.6 Å². The molecule has 0 bridgehead atoms. The molecule has 6 heteroatoms. The Morgan fingerprint density at radius 2 is 1.78 bits per heavy atom. The van der Waals surface area contributed by atoms with E-state index in [1.54, 1.807) is 18.2 Å². The van der Waals surface area contributed by atoms with E-state index in [-0.39, 0.29) is 5.57 Å². The SMILES string of the molecule is COc1cc(/C=C(\C#N)C(=O)Nc2ccc(C)c(C)c2)cc(Cl)c1OCc1ccc2ccccc2c1. The lowest BCUT2D eigenvalue weighted by atomic mass is 10.1. The zero-order valence-corrected chi connectivity index (χ0v) is 21.0. The predicted octanol–water partition coefficient (Wildman–Crippen LogP) is 7.24. The zero-order valence-electron chi connectivity index (χ0n) is 20.3. The van der Waals surface area contributed by atoms with Gasteiger partial charge in [0, 0.05) is 5.69 Å². The molecule has 0 aliphatic heterocycles. The van der Waals surface area contributed by atoms with Crippen LogP contribution in [-0.4, -0.2) is 13.0 Å². The van der Waals surface area contributed by atoms with Crippen molar-refractivity contribution in [3.05, 3.63) is 106 Å². The maximum absolute atomic E-state index is 12.7. The summed E-state index contributed by atoms with van der Waals surface area (Å²) in [4.78, 5) is 12.7. The maximum atomic E-state index is 12.7. The summed E-state index contributed by atoms with van der Waals surface area (Å²) in [6, 6.07) is 25.1. The lowest BCUT2D eigenvalue weighted by Gasteiger charge is -2.14. The van der Waals surface area contributed by atoms with Crippen LogP contribution >= 0.6 is 11.6 Å².